The molecule has 0 saturated carbocycles. The zero-order valence-corrected chi connectivity index (χ0v) is 8.71. The summed E-state index contributed by atoms with van der Waals surface area (Å²) in [7, 11) is 1.62. The third-order valence-corrected chi connectivity index (χ3v) is 2.71. The molecule has 0 heterocycles. The highest BCUT2D eigenvalue weighted by Gasteiger charge is 2.05. The molecule has 0 saturated heterocycles. The van der Waals surface area contributed by atoms with Gasteiger partial charge in [0.1, 0.15) is 0 Å². The number of rotatable bonds is 5. The predicted octanol–water partition coefficient (Wildman–Crippen LogP) is 2.01. The van der Waals surface area contributed by atoms with Gasteiger partial charge in [-0.3, -0.25) is 4.79 Å². The number of benzene rings is 1. The molecule has 0 aliphatic rings. The van der Waals surface area contributed by atoms with E-state index in [9.17, 15) is 4.79 Å². The minimum absolute atomic E-state index is 0.0624. The first-order chi connectivity index (χ1) is 6.74. The maximum absolute atomic E-state index is 10.6. The molecule has 0 aliphatic heterocycles. The zero-order valence-electron chi connectivity index (χ0n) is 7.90. The number of carboxylic acids is 1. The summed E-state index contributed by atoms with van der Waals surface area (Å²) < 4.78 is 4.92. The van der Waals surface area contributed by atoms with Gasteiger partial charge in [-0.1, -0.05) is 30.0 Å². The Hall–Kier alpha value is -1.00. The third-order valence-electron chi connectivity index (χ3n) is 1.65. The molecule has 0 unspecified atom stereocenters. The van der Waals surface area contributed by atoms with Gasteiger partial charge in [0, 0.05) is 12.0 Å². The summed E-state index contributed by atoms with van der Waals surface area (Å²) in [6, 6.07) is 7.46. The molecule has 0 spiro atoms. The van der Waals surface area contributed by atoms with E-state index in [1.165, 1.54) is 11.8 Å². The fraction of sp³-hybridized carbons (Fsp3) is 0.300. The van der Waals surface area contributed by atoms with E-state index >= 15 is 0 Å². The molecule has 0 atom stereocenters. The van der Waals surface area contributed by atoms with Crippen LogP contribution in [-0.4, -0.2) is 24.1 Å². The van der Waals surface area contributed by atoms with Crippen LogP contribution in [0.4, 0.5) is 0 Å². The number of ether oxygens (including phenoxy) is 1. The number of thioether (sulfide) groups is 1. The number of carbonyl (C=O) groups is 1. The summed E-state index contributed by atoms with van der Waals surface area (Å²) in [6.07, 6.45) is 0.0624. The molecule has 0 amide bonds. The van der Waals surface area contributed by atoms with Crippen molar-refractivity contribution in [2.24, 2.45) is 0 Å². The highest BCUT2D eigenvalue weighted by Crippen LogP contribution is 2.22. The third kappa shape index (κ3) is 3.40. The fourth-order valence-electron chi connectivity index (χ4n) is 1.08. The second kappa shape index (κ2) is 5.67. The number of carboxylic acid groups (broad SMARTS) is 1. The van der Waals surface area contributed by atoms with Gasteiger partial charge >= 0.3 is 5.97 Å². The first-order valence-electron chi connectivity index (χ1n) is 4.15. The highest BCUT2D eigenvalue weighted by atomic mass is 32.2. The van der Waals surface area contributed by atoms with Crippen molar-refractivity contribution in [2.45, 2.75) is 11.3 Å². The Morgan fingerprint density at radius 2 is 2.21 bits per heavy atom. The summed E-state index contributed by atoms with van der Waals surface area (Å²) in [4.78, 5) is 11.5. The lowest BCUT2D eigenvalue weighted by molar-refractivity contribution is -0.136. The van der Waals surface area contributed by atoms with Gasteiger partial charge in [0.05, 0.1) is 12.4 Å². The molecule has 3 nitrogen and oxygen atoms in total. The van der Waals surface area contributed by atoms with Crippen LogP contribution in [0.1, 0.15) is 5.56 Å². The fourth-order valence-corrected chi connectivity index (χ4v) is 1.82. The van der Waals surface area contributed by atoms with Crippen LogP contribution in [0.5, 0.6) is 0 Å². The van der Waals surface area contributed by atoms with Crippen molar-refractivity contribution in [1.82, 2.24) is 0 Å². The summed E-state index contributed by atoms with van der Waals surface area (Å²) in [5, 5.41) is 8.68. The van der Waals surface area contributed by atoms with Crippen LogP contribution in [0.15, 0.2) is 29.2 Å². The number of hydrogen-bond donors (Lipinski definition) is 1. The van der Waals surface area contributed by atoms with Crippen molar-refractivity contribution in [3.63, 3.8) is 0 Å². The largest absolute Gasteiger partial charge is 0.481 e. The molecule has 1 rings (SSSR count). The summed E-state index contributed by atoms with van der Waals surface area (Å²) in [5.74, 6) is -0.271. The smallest absolute Gasteiger partial charge is 0.307 e. The molecule has 1 aromatic rings. The van der Waals surface area contributed by atoms with Crippen molar-refractivity contribution >= 4 is 17.7 Å². The molecule has 14 heavy (non-hydrogen) atoms. The van der Waals surface area contributed by atoms with Crippen LogP contribution in [0.2, 0.25) is 0 Å². The molecular formula is C10H12O3S. The van der Waals surface area contributed by atoms with Gasteiger partial charge in [-0.25, -0.2) is 0 Å². The van der Waals surface area contributed by atoms with E-state index in [1.807, 2.05) is 24.3 Å². The van der Waals surface area contributed by atoms with Gasteiger partial charge in [-0.15, -0.1) is 0 Å². The Morgan fingerprint density at radius 1 is 1.50 bits per heavy atom. The van der Waals surface area contributed by atoms with E-state index < -0.39 is 5.97 Å². The van der Waals surface area contributed by atoms with E-state index in [2.05, 4.69) is 0 Å². The number of methoxy groups -OCH3 is 1. The molecule has 1 N–H and O–H groups in total. The second-order valence-electron chi connectivity index (χ2n) is 2.73. The lowest BCUT2D eigenvalue weighted by atomic mass is 10.1. The van der Waals surface area contributed by atoms with Crippen molar-refractivity contribution < 1.29 is 14.6 Å². The minimum atomic E-state index is -0.810. The SMILES string of the molecule is COCSc1ccccc1CC(=O)O. The van der Waals surface area contributed by atoms with Crippen LogP contribution in [-0.2, 0) is 16.0 Å². The Labute approximate surface area is 87.1 Å². The molecule has 0 bridgehead atoms. The Balaban J connectivity index is 2.74. The van der Waals surface area contributed by atoms with Crippen LogP contribution in [0.25, 0.3) is 0 Å². The van der Waals surface area contributed by atoms with E-state index in [1.54, 1.807) is 7.11 Å². The van der Waals surface area contributed by atoms with Crippen molar-refractivity contribution in [3.8, 4) is 0 Å². The van der Waals surface area contributed by atoms with E-state index in [0.29, 0.717) is 5.94 Å². The second-order valence-corrected chi connectivity index (χ2v) is 3.69. The summed E-state index contributed by atoms with van der Waals surface area (Å²) >= 11 is 1.50. The summed E-state index contributed by atoms with van der Waals surface area (Å²) in [6.45, 7) is 0. The number of hydrogen-bond acceptors (Lipinski definition) is 3. The lowest BCUT2D eigenvalue weighted by Gasteiger charge is -2.05. The van der Waals surface area contributed by atoms with Gasteiger partial charge in [-0.05, 0) is 11.6 Å². The van der Waals surface area contributed by atoms with E-state index in [0.717, 1.165) is 10.5 Å². The Kier molecular flexibility index (Phi) is 4.49. The molecular weight excluding hydrogens is 200 g/mol. The molecule has 0 aliphatic carbocycles. The Morgan fingerprint density at radius 3 is 2.86 bits per heavy atom. The highest BCUT2D eigenvalue weighted by molar-refractivity contribution is 7.99. The molecule has 4 heteroatoms. The van der Waals surface area contributed by atoms with Gasteiger partial charge in [-0.2, -0.15) is 0 Å². The quantitative estimate of drug-likeness (QED) is 0.599. The molecule has 0 fully saturated rings. The monoisotopic (exact) mass is 212 g/mol. The van der Waals surface area contributed by atoms with Gasteiger partial charge < -0.3 is 9.84 Å². The minimum Gasteiger partial charge on any atom is -0.481 e. The van der Waals surface area contributed by atoms with Crippen LogP contribution in [0, 0.1) is 0 Å². The standard InChI is InChI=1S/C10H12O3S/c1-13-7-14-9-5-3-2-4-8(9)6-10(11)12/h2-5H,6-7H2,1H3,(H,11,12). The zero-order chi connectivity index (χ0) is 10.4. The number of aliphatic carboxylic acids is 1. The van der Waals surface area contributed by atoms with Crippen LogP contribution < -0.4 is 0 Å². The predicted molar refractivity (Wildman–Crippen MR) is 55.5 cm³/mol. The summed E-state index contributed by atoms with van der Waals surface area (Å²) in [5.41, 5.74) is 0.835. The van der Waals surface area contributed by atoms with Gasteiger partial charge in [0.25, 0.3) is 0 Å². The Bertz CT molecular complexity index is 312. The normalized spacial score (nSPS) is 10.1. The van der Waals surface area contributed by atoms with Crippen molar-refractivity contribution in [1.29, 1.82) is 0 Å². The topological polar surface area (TPSA) is 46.5 Å². The van der Waals surface area contributed by atoms with Crippen molar-refractivity contribution in [3.05, 3.63) is 29.8 Å². The molecule has 1 aromatic carbocycles. The molecule has 0 aromatic heterocycles. The van der Waals surface area contributed by atoms with E-state index in [-0.39, 0.29) is 6.42 Å². The molecule has 0 radical (unpaired) electrons. The van der Waals surface area contributed by atoms with Crippen LogP contribution in [0.3, 0.4) is 0 Å². The maximum Gasteiger partial charge on any atom is 0.307 e. The molecule has 76 valence electrons. The van der Waals surface area contributed by atoms with Crippen molar-refractivity contribution in [2.75, 3.05) is 13.0 Å². The van der Waals surface area contributed by atoms with E-state index in [4.69, 9.17) is 9.84 Å². The first kappa shape index (κ1) is 11.1. The average molecular weight is 212 g/mol. The van der Waals surface area contributed by atoms with Gasteiger partial charge in [0.2, 0.25) is 0 Å². The van der Waals surface area contributed by atoms with Crippen LogP contribution >= 0.6 is 11.8 Å². The maximum atomic E-state index is 10.6. The van der Waals surface area contributed by atoms with Gasteiger partial charge in [0.15, 0.2) is 0 Å². The average Bonchev–Trinajstić information content (AvgIpc) is 2.16. The first-order valence-corrected chi connectivity index (χ1v) is 5.14. The lowest BCUT2D eigenvalue weighted by Crippen LogP contribution is -2.01.